The second-order valence-electron chi connectivity index (χ2n) is 6.31. The van der Waals surface area contributed by atoms with Gasteiger partial charge in [-0.1, -0.05) is 73.7 Å². The van der Waals surface area contributed by atoms with Crippen molar-refractivity contribution in [1.82, 2.24) is 14.8 Å². The van der Waals surface area contributed by atoms with Crippen molar-refractivity contribution >= 4 is 0 Å². The van der Waals surface area contributed by atoms with Crippen LogP contribution in [0.4, 0.5) is 0 Å². The van der Waals surface area contributed by atoms with Gasteiger partial charge in [-0.05, 0) is 25.5 Å². The highest BCUT2D eigenvalue weighted by Gasteiger charge is 2.19. The van der Waals surface area contributed by atoms with Crippen LogP contribution >= 0.6 is 0 Å². The lowest BCUT2D eigenvalue weighted by molar-refractivity contribution is 0.842. The molecule has 0 aliphatic carbocycles. The maximum Gasteiger partial charge on any atom is 0.154 e. The monoisotopic (exact) mass is 339 g/mol. The molecule has 26 heavy (non-hydrogen) atoms. The van der Waals surface area contributed by atoms with Crippen LogP contribution in [0.1, 0.15) is 18.2 Å². The van der Waals surface area contributed by atoms with E-state index in [1.54, 1.807) is 0 Å². The van der Waals surface area contributed by atoms with E-state index in [4.69, 9.17) is 10.1 Å². The summed E-state index contributed by atoms with van der Waals surface area (Å²) >= 11 is 0. The number of aromatic nitrogens is 3. The molecule has 0 saturated heterocycles. The van der Waals surface area contributed by atoms with E-state index < -0.39 is 0 Å². The molecule has 2 aromatic heterocycles. The van der Waals surface area contributed by atoms with Crippen LogP contribution in [0.5, 0.6) is 0 Å². The first kappa shape index (κ1) is 16.3. The van der Waals surface area contributed by atoms with E-state index in [9.17, 15) is 0 Å². The molecular formula is C23H21N3. The Labute approximate surface area is 154 Å². The molecule has 0 radical (unpaired) electrons. The van der Waals surface area contributed by atoms with Crippen LogP contribution in [0.2, 0.25) is 0 Å². The molecule has 0 atom stereocenters. The molecule has 4 rings (SSSR count). The van der Waals surface area contributed by atoms with Crippen molar-refractivity contribution in [3.63, 3.8) is 0 Å². The van der Waals surface area contributed by atoms with Crippen molar-refractivity contribution in [2.45, 2.75) is 20.3 Å². The first-order valence-electron chi connectivity index (χ1n) is 8.94. The molecule has 0 bridgehead atoms. The van der Waals surface area contributed by atoms with Crippen LogP contribution in [0.3, 0.4) is 0 Å². The second kappa shape index (κ2) is 6.96. The predicted molar refractivity (Wildman–Crippen MR) is 106 cm³/mol. The molecule has 0 aliphatic rings. The fraction of sp³-hybridized carbons (Fsp3) is 0.130. The van der Waals surface area contributed by atoms with E-state index >= 15 is 0 Å². The highest BCUT2D eigenvalue weighted by Crippen LogP contribution is 2.33. The topological polar surface area (TPSA) is 30.7 Å². The van der Waals surface area contributed by atoms with Crippen LogP contribution in [0, 0.1) is 6.92 Å². The summed E-state index contributed by atoms with van der Waals surface area (Å²) in [7, 11) is 0. The fourth-order valence-electron chi connectivity index (χ4n) is 3.25. The Morgan fingerprint density at radius 1 is 0.769 bits per heavy atom. The summed E-state index contributed by atoms with van der Waals surface area (Å²) in [6.07, 6.45) is 0.903. The first-order chi connectivity index (χ1) is 12.8. The standard InChI is InChI=1S/C23H21N3/c1-3-20-15-10-16-21(24-20)26-23(19-13-8-5-9-14-19)17(2)22(25-26)18-11-6-4-7-12-18/h4-16H,3H2,1-2H3. The molecule has 0 fully saturated rings. The largest absolute Gasteiger partial charge is 0.234 e. The lowest BCUT2D eigenvalue weighted by Crippen LogP contribution is -2.03. The minimum atomic E-state index is 0.855. The quantitative estimate of drug-likeness (QED) is 0.493. The van der Waals surface area contributed by atoms with Crippen LogP contribution in [-0.2, 0) is 6.42 Å². The highest BCUT2D eigenvalue weighted by atomic mass is 15.3. The number of hydrogen-bond acceptors (Lipinski definition) is 2. The van der Waals surface area contributed by atoms with Gasteiger partial charge in [0.2, 0.25) is 0 Å². The van der Waals surface area contributed by atoms with E-state index in [0.717, 1.165) is 46.0 Å². The summed E-state index contributed by atoms with van der Waals surface area (Å²) in [5.41, 5.74) is 6.57. The number of benzene rings is 2. The molecule has 0 aliphatic heterocycles. The normalized spacial score (nSPS) is 10.8. The molecule has 3 nitrogen and oxygen atoms in total. The van der Waals surface area contributed by atoms with Crippen molar-refractivity contribution in [2.75, 3.05) is 0 Å². The molecular weight excluding hydrogens is 318 g/mol. The Balaban J connectivity index is 1.97. The zero-order chi connectivity index (χ0) is 17.9. The van der Waals surface area contributed by atoms with E-state index in [1.807, 2.05) is 35.0 Å². The zero-order valence-corrected chi connectivity index (χ0v) is 15.1. The van der Waals surface area contributed by atoms with Crippen LogP contribution in [0.15, 0.2) is 78.9 Å². The lowest BCUT2D eigenvalue weighted by Gasteiger charge is -2.09. The minimum absolute atomic E-state index is 0.855. The van der Waals surface area contributed by atoms with Gasteiger partial charge in [0.05, 0.1) is 11.4 Å². The molecule has 3 heteroatoms. The van der Waals surface area contributed by atoms with Crippen LogP contribution < -0.4 is 0 Å². The molecule has 128 valence electrons. The summed E-state index contributed by atoms with van der Waals surface area (Å²) < 4.78 is 1.98. The molecule has 0 spiro atoms. The van der Waals surface area contributed by atoms with E-state index in [0.29, 0.717) is 0 Å². The SMILES string of the molecule is CCc1cccc(-n2nc(-c3ccccc3)c(C)c2-c2ccccc2)n1. The second-order valence-corrected chi connectivity index (χ2v) is 6.31. The molecule has 2 heterocycles. The van der Waals surface area contributed by atoms with Gasteiger partial charge in [-0.2, -0.15) is 5.10 Å². The van der Waals surface area contributed by atoms with Gasteiger partial charge in [-0.15, -0.1) is 0 Å². The van der Waals surface area contributed by atoms with E-state index in [-0.39, 0.29) is 0 Å². The Morgan fingerprint density at radius 3 is 2.08 bits per heavy atom. The van der Waals surface area contributed by atoms with Crippen LogP contribution in [0.25, 0.3) is 28.3 Å². The highest BCUT2D eigenvalue weighted by molar-refractivity contribution is 5.75. The van der Waals surface area contributed by atoms with Crippen molar-refractivity contribution in [3.05, 3.63) is 90.1 Å². The summed E-state index contributed by atoms with van der Waals surface area (Å²) in [5, 5.41) is 4.96. The third-order valence-electron chi connectivity index (χ3n) is 4.59. The minimum Gasteiger partial charge on any atom is -0.234 e. The Morgan fingerprint density at radius 2 is 1.42 bits per heavy atom. The number of nitrogens with zero attached hydrogens (tertiary/aromatic N) is 3. The zero-order valence-electron chi connectivity index (χ0n) is 15.1. The van der Waals surface area contributed by atoms with Gasteiger partial charge in [0, 0.05) is 22.4 Å². The van der Waals surface area contributed by atoms with Gasteiger partial charge in [0.1, 0.15) is 0 Å². The first-order valence-corrected chi connectivity index (χ1v) is 8.94. The van der Waals surface area contributed by atoms with Crippen molar-refractivity contribution in [2.24, 2.45) is 0 Å². The number of aryl methyl sites for hydroxylation is 1. The number of hydrogen-bond donors (Lipinski definition) is 0. The van der Waals surface area contributed by atoms with Gasteiger partial charge >= 0.3 is 0 Å². The van der Waals surface area contributed by atoms with Gasteiger partial charge in [-0.3, -0.25) is 0 Å². The summed E-state index contributed by atoms with van der Waals surface area (Å²) in [6, 6.07) is 26.9. The molecule has 0 amide bonds. The van der Waals surface area contributed by atoms with Gasteiger partial charge in [0.15, 0.2) is 5.82 Å². The molecule has 2 aromatic carbocycles. The van der Waals surface area contributed by atoms with Gasteiger partial charge in [0.25, 0.3) is 0 Å². The maximum absolute atomic E-state index is 4.96. The average molecular weight is 339 g/mol. The Kier molecular flexibility index (Phi) is 4.36. The van der Waals surface area contributed by atoms with Gasteiger partial charge < -0.3 is 0 Å². The Hall–Kier alpha value is -3.20. The van der Waals surface area contributed by atoms with Crippen molar-refractivity contribution in [1.29, 1.82) is 0 Å². The molecule has 0 unspecified atom stereocenters. The smallest absolute Gasteiger partial charge is 0.154 e. The maximum atomic E-state index is 4.96. The van der Waals surface area contributed by atoms with Crippen molar-refractivity contribution in [3.8, 4) is 28.3 Å². The Bertz CT molecular complexity index is 1020. The van der Waals surface area contributed by atoms with Gasteiger partial charge in [-0.25, -0.2) is 9.67 Å². The fourth-order valence-corrected chi connectivity index (χ4v) is 3.25. The third-order valence-corrected chi connectivity index (χ3v) is 4.59. The lowest BCUT2D eigenvalue weighted by atomic mass is 10.0. The third kappa shape index (κ3) is 2.92. The summed E-state index contributed by atoms with van der Waals surface area (Å²) in [4.78, 5) is 4.80. The number of rotatable bonds is 4. The van der Waals surface area contributed by atoms with Crippen LogP contribution in [-0.4, -0.2) is 14.8 Å². The molecule has 4 aromatic rings. The average Bonchev–Trinajstić information content (AvgIpc) is 3.06. The van der Waals surface area contributed by atoms with Crippen molar-refractivity contribution < 1.29 is 0 Å². The summed E-state index contributed by atoms with van der Waals surface area (Å²) in [5.74, 6) is 0.855. The predicted octanol–water partition coefficient (Wildman–Crippen LogP) is 5.47. The molecule has 0 saturated carbocycles. The summed E-state index contributed by atoms with van der Waals surface area (Å²) in [6.45, 7) is 4.26. The van der Waals surface area contributed by atoms with E-state index in [2.05, 4.69) is 62.4 Å². The molecule has 0 N–H and O–H groups in total. The van der Waals surface area contributed by atoms with E-state index in [1.165, 1.54) is 0 Å². The number of pyridine rings is 1.